The minimum absolute atomic E-state index is 0.0798. The normalized spacial score (nSPS) is 40.6. The maximum absolute atomic E-state index is 11.9. The Bertz CT molecular complexity index is 528. The molecule has 0 N–H and O–H groups in total. The zero-order valence-electron chi connectivity index (χ0n) is 16.5. The lowest BCUT2D eigenvalue weighted by atomic mass is 9.96. The van der Waals surface area contributed by atoms with Crippen LogP contribution in [0.25, 0.3) is 0 Å². The van der Waals surface area contributed by atoms with Gasteiger partial charge in [0.15, 0.2) is 20.4 Å². The summed E-state index contributed by atoms with van der Waals surface area (Å²) in [6.07, 6.45) is 0.574. The fourth-order valence-corrected chi connectivity index (χ4v) is 4.53. The number of hydrogen-bond acceptors (Lipinski definition) is 6. The molecule has 3 saturated heterocycles. The highest BCUT2D eigenvalue weighted by Crippen LogP contribution is 2.44. The van der Waals surface area contributed by atoms with Crippen LogP contribution in [0.3, 0.4) is 0 Å². The number of hydrogen-bond donors (Lipinski definition) is 0. The molecule has 0 aromatic heterocycles. The van der Waals surface area contributed by atoms with Gasteiger partial charge in [0.25, 0.3) is 0 Å². The summed E-state index contributed by atoms with van der Waals surface area (Å²) in [4.78, 5) is 11.9. The van der Waals surface area contributed by atoms with Crippen LogP contribution >= 0.6 is 0 Å². The van der Waals surface area contributed by atoms with Crippen molar-refractivity contribution in [3.05, 3.63) is 0 Å². The van der Waals surface area contributed by atoms with E-state index in [1.807, 2.05) is 13.8 Å². The highest BCUT2D eigenvalue weighted by molar-refractivity contribution is 6.74. The van der Waals surface area contributed by atoms with E-state index in [0.717, 1.165) is 6.29 Å². The average Bonchev–Trinajstić information content (AvgIpc) is 3.00. The summed E-state index contributed by atoms with van der Waals surface area (Å²) >= 11 is 0. The molecule has 3 heterocycles. The van der Waals surface area contributed by atoms with Gasteiger partial charge in [-0.1, -0.05) is 20.8 Å². The Labute approximate surface area is 151 Å². The van der Waals surface area contributed by atoms with Crippen molar-refractivity contribution in [1.82, 2.24) is 0 Å². The Morgan fingerprint density at radius 1 is 1.12 bits per heavy atom. The smallest absolute Gasteiger partial charge is 0.192 e. The Balaban J connectivity index is 1.72. The zero-order valence-corrected chi connectivity index (χ0v) is 17.5. The average molecular weight is 373 g/mol. The van der Waals surface area contributed by atoms with Gasteiger partial charge in [-0.05, 0) is 32.0 Å². The molecule has 0 radical (unpaired) electrons. The van der Waals surface area contributed by atoms with E-state index in [4.69, 9.17) is 23.4 Å². The quantitative estimate of drug-likeness (QED) is 0.558. The number of rotatable bonds is 4. The summed E-state index contributed by atoms with van der Waals surface area (Å²) in [7, 11) is -1.97. The molecule has 3 aliphatic rings. The van der Waals surface area contributed by atoms with Crippen LogP contribution < -0.4 is 0 Å². The SMILES string of the molecule is CC1(C)O[C@@H]2[C@H]3O[C@](C=O)(CO[Si](C)(C)C(C)(C)C)C[C@H]3OC[C@@H]2O1. The van der Waals surface area contributed by atoms with E-state index in [0.29, 0.717) is 13.0 Å². The van der Waals surface area contributed by atoms with Crippen molar-refractivity contribution >= 4 is 14.6 Å². The second-order valence-electron chi connectivity index (χ2n) is 9.53. The molecule has 0 unspecified atom stereocenters. The number of aldehydes is 1. The predicted octanol–water partition coefficient (Wildman–Crippen LogP) is 2.65. The maximum atomic E-state index is 11.9. The Hall–Kier alpha value is -0.313. The van der Waals surface area contributed by atoms with E-state index in [1.165, 1.54) is 0 Å². The van der Waals surface area contributed by atoms with Gasteiger partial charge in [0, 0.05) is 6.42 Å². The molecule has 0 aromatic carbocycles. The molecule has 25 heavy (non-hydrogen) atoms. The van der Waals surface area contributed by atoms with Crippen molar-refractivity contribution in [2.24, 2.45) is 0 Å². The van der Waals surface area contributed by atoms with Gasteiger partial charge >= 0.3 is 0 Å². The molecule has 144 valence electrons. The van der Waals surface area contributed by atoms with Crippen molar-refractivity contribution < 1.29 is 28.2 Å². The molecule has 0 spiro atoms. The van der Waals surface area contributed by atoms with E-state index in [2.05, 4.69) is 33.9 Å². The highest BCUT2D eigenvalue weighted by Gasteiger charge is 2.59. The van der Waals surface area contributed by atoms with E-state index in [1.54, 1.807) is 0 Å². The highest BCUT2D eigenvalue weighted by atomic mass is 28.4. The molecule has 0 bridgehead atoms. The van der Waals surface area contributed by atoms with Crippen LogP contribution in [0.2, 0.25) is 18.1 Å². The second-order valence-corrected chi connectivity index (χ2v) is 14.3. The molecule has 3 fully saturated rings. The topological polar surface area (TPSA) is 63.2 Å². The maximum Gasteiger partial charge on any atom is 0.192 e. The molecule has 0 aromatic rings. The third kappa shape index (κ3) is 3.59. The summed E-state index contributed by atoms with van der Waals surface area (Å²) in [5.74, 6) is -0.652. The lowest BCUT2D eigenvalue weighted by Gasteiger charge is -2.38. The summed E-state index contributed by atoms with van der Waals surface area (Å²) < 4.78 is 30.3. The zero-order chi connectivity index (χ0) is 18.7. The summed E-state index contributed by atoms with van der Waals surface area (Å²) in [6.45, 7) is 15.4. The molecule has 5 atom stereocenters. The van der Waals surface area contributed by atoms with Gasteiger partial charge in [-0.15, -0.1) is 0 Å². The lowest BCUT2D eigenvalue weighted by molar-refractivity contribution is -0.173. The second kappa shape index (κ2) is 6.11. The first-order valence-corrected chi connectivity index (χ1v) is 12.0. The van der Waals surface area contributed by atoms with Crippen LogP contribution in [-0.2, 0) is 28.2 Å². The Kier molecular flexibility index (Phi) is 4.75. The third-order valence-corrected chi connectivity index (χ3v) is 10.5. The fraction of sp³-hybridized carbons (Fsp3) is 0.944. The van der Waals surface area contributed by atoms with Gasteiger partial charge < -0.3 is 28.2 Å². The summed E-state index contributed by atoms with van der Waals surface area (Å²) in [5.41, 5.74) is -0.962. The number of fused-ring (bicyclic) bond motifs is 3. The molecule has 0 saturated carbocycles. The van der Waals surface area contributed by atoms with Crippen LogP contribution in [0.1, 0.15) is 41.0 Å². The molecular weight excluding hydrogens is 340 g/mol. The van der Waals surface area contributed by atoms with E-state index in [9.17, 15) is 4.79 Å². The first-order valence-electron chi connectivity index (χ1n) is 9.13. The van der Waals surface area contributed by atoms with Crippen LogP contribution in [0.15, 0.2) is 0 Å². The van der Waals surface area contributed by atoms with E-state index in [-0.39, 0.29) is 36.1 Å². The lowest BCUT2D eigenvalue weighted by Crippen LogP contribution is -2.50. The molecule has 7 heteroatoms. The minimum Gasteiger partial charge on any atom is -0.413 e. The first-order chi connectivity index (χ1) is 11.4. The fourth-order valence-electron chi connectivity index (χ4n) is 3.49. The van der Waals surface area contributed by atoms with Gasteiger partial charge in [-0.25, -0.2) is 0 Å². The van der Waals surface area contributed by atoms with Crippen LogP contribution in [0.4, 0.5) is 0 Å². The van der Waals surface area contributed by atoms with Crippen molar-refractivity contribution in [2.75, 3.05) is 13.2 Å². The Morgan fingerprint density at radius 2 is 1.76 bits per heavy atom. The molecular formula is C18H32O6Si. The van der Waals surface area contributed by atoms with Crippen LogP contribution in [0.5, 0.6) is 0 Å². The predicted molar refractivity (Wildman–Crippen MR) is 95.0 cm³/mol. The van der Waals surface area contributed by atoms with Gasteiger partial charge in [0.05, 0.1) is 19.3 Å². The minimum atomic E-state index is -1.97. The third-order valence-electron chi connectivity index (χ3n) is 6.00. The van der Waals surface area contributed by atoms with Crippen molar-refractivity contribution in [3.8, 4) is 0 Å². The standard InChI is InChI=1S/C18H32O6Si/c1-16(2,3)25(6,7)21-11-18(10-19)8-12-14(24-18)15-13(9-20-12)22-17(4,5)23-15/h10,12-15H,8-9,11H2,1-7H3/t12-,13+,14+,15+,18-/m1/s1. The largest absolute Gasteiger partial charge is 0.413 e. The van der Waals surface area contributed by atoms with Crippen molar-refractivity contribution in [2.45, 2.75) is 95.0 Å². The van der Waals surface area contributed by atoms with Gasteiger partial charge in [0.2, 0.25) is 0 Å². The number of carbonyl (C=O) groups is 1. The number of carbonyl (C=O) groups excluding carboxylic acids is 1. The monoisotopic (exact) mass is 372 g/mol. The molecule has 3 aliphatic heterocycles. The van der Waals surface area contributed by atoms with E-state index < -0.39 is 19.7 Å². The first kappa shape index (κ1) is 19.4. The Morgan fingerprint density at radius 3 is 2.36 bits per heavy atom. The van der Waals surface area contributed by atoms with Gasteiger partial charge in [-0.3, -0.25) is 0 Å². The summed E-state index contributed by atoms with van der Waals surface area (Å²) in [5, 5.41) is 0.0798. The van der Waals surface area contributed by atoms with Gasteiger partial charge in [0.1, 0.15) is 23.9 Å². The van der Waals surface area contributed by atoms with E-state index >= 15 is 0 Å². The molecule has 0 aliphatic carbocycles. The van der Waals surface area contributed by atoms with Crippen molar-refractivity contribution in [1.29, 1.82) is 0 Å². The van der Waals surface area contributed by atoms with Crippen molar-refractivity contribution in [3.63, 3.8) is 0 Å². The molecule has 6 nitrogen and oxygen atoms in total. The number of ether oxygens (including phenoxy) is 4. The van der Waals surface area contributed by atoms with Crippen LogP contribution in [0, 0.1) is 0 Å². The molecule has 3 rings (SSSR count). The molecule has 0 amide bonds. The van der Waals surface area contributed by atoms with Crippen LogP contribution in [-0.4, -0.2) is 63.6 Å². The summed E-state index contributed by atoms with van der Waals surface area (Å²) in [6, 6.07) is 0. The van der Waals surface area contributed by atoms with Gasteiger partial charge in [-0.2, -0.15) is 0 Å².